The molecule has 1 atom stereocenters. The molecule has 0 aliphatic carbocycles. The van der Waals surface area contributed by atoms with Gasteiger partial charge in [-0.2, -0.15) is 0 Å². The highest BCUT2D eigenvalue weighted by atomic mass is 16.2. The number of carbonyl (C=O) groups is 2. The van der Waals surface area contributed by atoms with E-state index < -0.39 is 0 Å². The zero-order chi connectivity index (χ0) is 18.5. The van der Waals surface area contributed by atoms with Gasteiger partial charge in [0, 0.05) is 44.3 Å². The number of aromatic nitrogens is 2. The van der Waals surface area contributed by atoms with Gasteiger partial charge in [0.15, 0.2) is 0 Å². The highest BCUT2D eigenvalue weighted by Crippen LogP contribution is 2.21. The van der Waals surface area contributed by atoms with Crippen molar-refractivity contribution in [2.24, 2.45) is 5.92 Å². The van der Waals surface area contributed by atoms with Crippen LogP contribution < -0.4 is 5.32 Å². The topological polar surface area (TPSA) is 78.4 Å². The zero-order valence-electron chi connectivity index (χ0n) is 15.3. The third-order valence-corrected chi connectivity index (χ3v) is 4.85. The predicted molar refractivity (Wildman–Crippen MR) is 101 cm³/mol. The molecule has 0 bridgehead atoms. The van der Waals surface area contributed by atoms with Gasteiger partial charge in [-0.05, 0) is 44.9 Å². The molecule has 1 fully saturated rings. The molecule has 2 aromatic rings. The van der Waals surface area contributed by atoms with Crippen LogP contribution in [0.4, 0.5) is 10.5 Å². The Kier molecular flexibility index (Phi) is 5.65. The lowest BCUT2D eigenvalue weighted by Gasteiger charge is -2.34. The van der Waals surface area contributed by atoms with Gasteiger partial charge in [-0.25, -0.2) is 4.79 Å². The van der Waals surface area contributed by atoms with Gasteiger partial charge >= 0.3 is 6.03 Å². The number of piperidine rings is 1. The van der Waals surface area contributed by atoms with Crippen LogP contribution in [0.25, 0.3) is 11.0 Å². The Morgan fingerprint density at radius 2 is 1.92 bits per heavy atom. The highest BCUT2D eigenvalue weighted by Gasteiger charge is 2.30. The summed E-state index contributed by atoms with van der Waals surface area (Å²) in [5.74, 6) is 0.0327. The Hall–Kier alpha value is -2.70. The summed E-state index contributed by atoms with van der Waals surface area (Å²) in [6.45, 7) is 6.51. The molecule has 3 rings (SSSR count). The number of fused-ring (bicyclic) bond motifs is 1. The Balaban J connectivity index is 1.65. The van der Waals surface area contributed by atoms with E-state index in [1.807, 2.05) is 36.9 Å². The molecule has 1 N–H and O–H groups in total. The summed E-state index contributed by atoms with van der Waals surface area (Å²) >= 11 is 0. The van der Waals surface area contributed by atoms with E-state index in [2.05, 4.69) is 15.3 Å². The van der Waals surface area contributed by atoms with Crippen LogP contribution >= 0.6 is 0 Å². The number of nitrogens with one attached hydrogen (secondary N) is 1. The van der Waals surface area contributed by atoms with Gasteiger partial charge < -0.3 is 15.1 Å². The molecular formula is C19H25N5O2. The first-order chi connectivity index (χ1) is 12.6. The Morgan fingerprint density at radius 1 is 1.19 bits per heavy atom. The zero-order valence-corrected chi connectivity index (χ0v) is 15.3. The van der Waals surface area contributed by atoms with Gasteiger partial charge in [-0.15, -0.1) is 0 Å². The van der Waals surface area contributed by atoms with Crippen molar-refractivity contribution in [2.45, 2.75) is 26.7 Å². The molecule has 1 aliphatic rings. The van der Waals surface area contributed by atoms with Crippen LogP contribution in [0.2, 0.25) is 0 Å². The second-order valence-electron chi connectivity index (χ2n) is 6.49. The minimum atomic E-state index is -0.176. The van der Waals surface area contributed by atoms with Crippen molar-refractivity contribution in [2.75, 3.05) is 31.5 Å². The molecule has 0 saturated carbocycles. The minimum Gasteiger partial charge on any atom is -0.343 e. The molecule has 3 amide bonds. The maximum Gasteiger partial charge on any atom is 0.321 e. The number of likely N-dealkylation sites (tertiary alicyclic amines) is 1. The highest BCUT2D eigenvalue weighted by molar-refractivity contribution is 5.92. The summed E-state index contributed by atoms with van der Waals surface area (Å²) in [4.78, 5) is 37.3. The Labute approximate surface area is 153 Å². The quantitative estimate of drug-likeness (QED) is 0.915. The van der Waals surface area contributed by atoms with Crippen molar-refractivity contribution in [3.05, 3.63) is 30.6 Å². The molecule has 0 spiro atoms. The number of benzene rings is 1. The summed E-state index contributed by atoms with van der Waals surface area (Å²) in [6, 6.07) is 5.28. The molecule has 1 saturated heterocycles. The average Bonchev–Trinajstić information content (AvgIpc) is 2.69. The molecular weight excluding hydrogens is 330 g/mol. The lowest BCUT2D eigenvalue weighted by molar-refractivity contribution is -0.136. The van der Waals surface area contributed by atoms with E-state index in [1.165, 1.54) is 0 Å². The van der Waals surface area contributed by atoms with Gasteiger partial charge in [0.25, 0.3) is 0 Å². The number of carbonyl (C=O) groups excluding carboxylic acids is 2. The van der Waals surface area contributed by atoms with Crippen molar-refractivity contribution in [3.63, 3.8) is 0 Å². The van der Waals surface area contributed by atoms with Crippen LogP contribution in [0, 0.1) is 5.92 Å². The number of hydrogen-bond donors (Lipinski definition) is 1. The minimum absolute atomic E-state index is 0.114. The second kappa shape index (κ2) is 8.12. The lowest BCUT2D eigenvalue weighted by atomic mass is 9.96. The van der Waals surface area contributed by atoms with E-state index in [-0.39, 0.29) is 17.9 Å². The monoisotopic (exact) mass is 355 g/mol. The smallest absolute Gasteiger partial charge is 0.321 e. The number of amides is 3. The van der Waals surface area contributed by atoms with E-state index in [0.717, 1.165) is 23.9 Å². The van der Waals surface area contributed by atoms with Crippen LogP contribution in [-0.2, 0) is 4.79 Å². The Bertz CT molecular complexity index is 790. The Morgan fingerprint density at radius 3 is 2.65 bits per heavy atom. The number of urea groups is 1. The molecule has 7 nitrogen and oxygen atoms in total. The number of nitrogens with zero attached hydrogens (tertiary/aromatic N) is 4. The molecule has 138 valence electrons. The molecule has 1 aliphatic heterocycles. The SMILES string of the molecule is CCN(CC)C(=O)C1CCCN(C(=O)Nc2ccc3nccnc3c2)C1. The maximum absolute atomic E-state index is 12.6. The van der Waals surface area contributed by atoms with Gasteiger partial charge in [0.05, 0.1) is 17.0 Å². The van der Waals surface area contributed by atoms with Crippen molar-refractivity contribution in [3.8, 4) is 0 Å². The fourth-order valence-electron chi connectivity index (χ4n) is 3.40. The van der Waals surface area contributed by atoms with Crippen molar-refractivity contribution in [1.82, 2.24) is 19.8 Å². The first-order valence-electron chi connectivity index (χ1n) is 9.17. The van der Waals surface area contributed by atoms with Crippen LogP contribution in [-0.4, -0.2) is 57.9 Å². The molecule has 26 heavy (non-hydrogen) atoms. The normalized spacial score (nSPS) is 17.2. The summed E-state index contributed by atoms with van der Waals surface area (Å²) < 4.78 is 0. The molecule has 1 aromatic heterocycles. The molecule has 1 aromatic carbocycles. The number of rotatable bonds is 4. The third-order valence-electron chi connectivity index (χ3n) is 4.85. The van der Waals surface area contributed by atoms with Crippen molar-refractivity contribution in [1.29, 1.82) is 0 Å². The van der Waals surface area contributed by atoms with Gasteiger partial charge in [-0.3, -0.25) is 14.8 Å². The number of hydrogen-bond acceptors (Lipinski definition) is 4. The third kappa shape index (κ3) is 3.92. The molecule has 7 heteroatoms. The van der Waals surface area contributed by atoms with E-state index >= 15 is 0 Å². The van der Waals surface area contributed by atoms with Crippen molar-refractivity contribution >= 4 is 28.7 Å². The van der Waals surface area contributed by atoms with Crippen LogP contribution in [0.5, 0.6) is 0 Å². The second-order valence-corrected chi connectivity index (χ2v) is 6.49. The summed E-state index contributed by atoms with van der Waals surface area (Å²) in [5, 5.41) is 2.91. The van der Waals surface area contributed by atoms with Gasteiger partial charge in [0.2, 0.25) is 5.91 Å². The first kappa shape index (κ1) is 18.1. The average molecular weight is 355 g/mol. The summed E-state index contributed by atoms with van der Waals surface area (Å²) in [6.07, 6.45) is 4.95. The predicted octanol–water partition coefficient (Wildman–Crippen LogP) is 2.74. The standard InChI is InChI=1S/C19H25N5O2/c1-3-23(4-2)18(25)14-6-5-11-24(13-14)19(26)22-15-7-8-16-17(12-15)21-10-9-20-16/h7-10,12,14H,3-6,11,13H2,1-2H3,(H,22,26). The largest absolute Gasteiger partial charge is 0.343 e. The van der Waals surface area contributed by atoms with E-state index in [9.17, 15) is 9.59 Å². The summed E-state index contributed by atoms with van der Waals surface area (Å²) in [7, 11) is 0. The molecule has 2 heterocycles. The lowest BCUT2D eigenvalue weighted by Crippen LogP contribution is -2.47. The first-order valence-corrected chi connectivity index (χ1v) is 9.17. The van der Waals surface area contributed by atoms with E-state index in [4.69, 9.17) is 0 Å². The fraction of sp³-hybridized carbons (Fsp3) is 0.474. The van der Waals surface area contributed by atoms with Crippen LogP contribution in [0.15, 0.2) is 30.6 Å². The van der Waals surface area contributed by atoms with E-state index in [1.54, 1.807) is 17.3 Å². The van der Waals surface area contributed by atoms with Crippen LogP contribution in [0.1, 0.15) is 26.7 Å². The van der Waals surface area contributed by atoms with Gasteiger partial charge in [-0.1, -0.05) is 0 Å². The van der Waals surface area contributed by atoms with Crippen molar-refractivity contribution < 1.29 is 9.59 Å². The summed E-state index contributed by atoms with van der Waals surface area (Å²) in [5.41, 5.74) is 2.20. The van der Waals surface area contributed by atoms with Gasteiger partial charge in [0.1, 0.15) is 0 Å². The van der Waals surface area contributed by atoms with E-state index in [0.29, 0.717) is 31.9 Å². The molecule has 1 unspecified atom stereocenters. The fourth-order valence-corrected chi connectivity index (χ4v) is 3.40. The molecule has 0 radical (unpaired) electrons. The number of anilines is 1. The maximum atomic E-state index is 12.6. The van der Waals surface area contributed by atoms with Crippen LogP contribution in [0.3, 0.4) is 0 Å².